The van der Waals surface area contributed by atoms with Crippen molar-refractivity contribution in [2.24, 2.45) is 0 Å². The van der Waals surface area contributed by atoms with Crippen LogP contribution in [0.5, 0.6) is 0 Å². The van der Waals surface area contributed by atoms with Gasteiger partial charge in [0.2, 0.25) is 5.91 Å². The molecule has 3 heterocycles. The number of carbonyl (C=O) groups excluding carboxylic acids is 2. The maximum absolute atomic E-state index is 12.7. The van der Waals surface area contributed by atoms with E-state index in [9.17, 15) is 35.9 Å². The molecule has 0 saturated carbocycles. The van der Waals surface area contributed by atoms with Gasteiger partial charge in [0.05, 0.1) is 31.1 Å². The Bertz CT molecular complexity index is 1160. The third-order valence-corrected chi connectivity index (χ3v) is 4.25. The number of aromatic nitrogens is 4. The number of hydrogen-bond acceptors (Lipinski definition) is 5. The molecule has 2 N–H and O–H groups in total. The largest absolute Gasteiger partial charge is 0.433 e. The Morgan fingerprint density at radius 3 is 2.45 bits per heavy atom. The third-order valence-electron chi connectivity index (χ3n) is 4.25. The van der Waals surface area contributed by atoms with Gasteiger partial charge in [0.15, 0.2) is 5.65 Å². The molecule has 0 aromatic carbocycles. The van der Waals surface area contributed by atoms with Gasteiger partial charge in [-0.25, -0.2) is 14.5 Å². The van der Waals surface area contributed by atoms with Crippen molar-refractivity contribution in [3.8, 4) is 0 Å². The zero-order valence-corrected chi connectivity index (χ0v) is 16.7. The van der Waals surface area contributed by atoms with Gasteiger partial charge in [-0.05, 0) is 23.8 Å². The maximum atomic E-state index is 12.7. The Labute approximate surface area is 182 Å². The molecule has 0 fully saturated rings. The first-order chi connectivity index (χ1) is 15.4. The Kier molecular flexibility index (Phi) is 6.84. The van der Waals surface area contributed by atoms with Crippen molar-refractivity contribution in [3.63, 3.8) is 0 Å². The van der Waals surface area contributed by atoms with Crippen LogP contribution < -0.4 is 10.6 Å². The van der Waals surface area contributed by atoms with Crippen LogP contribution in [0, 0.1) is 0 Å². The van der Waals surface area contributed by atoms with Gasteiger partial charge in [0.1, 0.15) is 11.4 Å². The number of halogens is 6. The van der Waals surface area contributed by atoms with E-state index >= 15 is 0 Å². The first kappa shape index (κ1) is 23.9. The Morgan fingerprint density at radius 2 is 1.76 bits per heavy atom. The summed E-state index contributed by atoms with van der Waals surface area (Å²) < 4.78 is 76.0. The van der Waals surface area contributed by atoms with Crippen LogP contribution in [-0.4, -0.2) is 37.6 Å². The van der Waals surface area contributed by atoms with Gasteiger partial charge >= 0.3 is 12.4 Å². The van der Waals surface area contributed by atoms with Gasteiger partial charge in [-0.15, -0.1) is 0 Å². The summed E-state index contributed by atoms with van der Waals surface area (Å²) in [6.07, 6.45) is -8.15. The second-order valence-corrected chi connectivity index (χ2v) is 6.88. The third kappa shape index (κ3) is 6.89. The smallest absolute Gasteiger partial charge is 0.352 e. The van der Waals surface area contributed by atoms with Crippen LogP contribution in [0.25, 0.3) is 5.65 Å². The molecule has 0 bridgehead atoms. The molecule has 2 amide bonds. The van der Waals surface area contributed by atoms with Crippen molar-refractivity contribution < 1.29 is 35.9 Å². The molecule has 14 heteroatoms. The number of carbonyl (C=O) groups is 2. The molecule has 0 spiro atoms. The van der Waals surface area contributed by atoms with Crippen molar-refractivity contribution >= 4 is 17.5 Å². The lowest BCUT2D eigenvalue weighted by molar-refractivity contribution is -0.144. The summed E-state index contributed by atoms with van der Waals surface area (Å²) in [5, 5.41) is 8.83. The minimum absolute atomic E-state index is 0.0552. The molecule has 176 valence electrons. The Balaban J connectivity index is 1.58. The van der Waals surface area contributed by atoms with E-state index < -0.39 is 48.4 Å². The number of rotatable bonds is 7. The van der Waals surface area contributed by atoms with Crippen molar-refractivity contribution in [2.45, 2.75) is 38.3 Å². The van der Waals surface area contributed by atoms with Crippen LogP contribution >= 0.6 is 0 Å². The van der Waals surface area contributed by atoms with Gasteiger partial charge in [-0.2, -0.15) is 31.4 Å². The predicted octanol–water partition coefficient (Wildman–Crippen LogP) is 3.03. The zero-order chi connectivity index (χ0) is 24.2. The monoisotopic (exact) mass is 474 g/mol. The lowest BCUT2D eigenvalue weighted by atomic mass is 10.2. The summed E-state index contributed by atoms with van der Waals surface area (Å²) >= 11 is 0. The molecule has 0 aliphatic heterocycles. The minimum Gasteiger partial charge on any atom is -0.352 e. The molecule has 0 radical (unpaired) electrons. The quantitative estimate of drug-likeness (QED) is 0.513. The van der Waals surface area contributed by atoms with E-state index in [4.69, 9.17) is 0 Å². The second-order valence-electron chi connectivity index (χ2n) is 6.88. The van der Waals surface area contributed by atoms with Gasteiger partial charge in [0.25, 0.3) is 5.91 Å². The SMILES string of the molecule is O=C(CCC(F)(F)F)NCc1cnn2cc(CNC(=O)c3cccc(C(F)(F)F)n3)nc2c1. The van der Waals surface area contributed by atoms with E-state index in [-0.39, 0.29) is 13.1 Å². The van der Waals surface area contributed by atoms with E-state index in [1.54, 1.807) is 0 Å². The summed E-state index contributed by atoms with van der Waals surface area (Å²) in [4.78, 5) is 31.2. The van der Waals surface area contributed by atoms with E-state index in [0.717, 1.165) is 18.2 Å². The highest BCUT2D eigenvalue weighted by Gasteiger charge is 2.33. The van der Waals surface area contributed by atoms with Crippen LogP contribution in [0.3, 0.4) is 0 Å². The first-order valence-corrected chi connectivity index (χ1v) is 9.40. The average Bonchev–Trinajstić information content (AvgIpc) is 3.15. The van der Waals surface area contributed by atoms with Crippen molar-refractivity contribution in [1.82, 2.24) is 30.2 Å². The van der Waals surface area contributed by atoms with Gasteiger partial charge in [-0.3, -0.25) is 9.59 Å². The normalized spacial score (nSPS) is 12.1. The predicted molar refractivity (Wildman–Crippen MR) is 101 cm³/mol. The van der Waals surface area contributed by atoms with Gasteiger partial charge in [-0.1, -0.05) is 6.07 Å². The van der Waals surface area contributed by atoms with Gasteiger partial charge in [0, 0.05) is 13.0 Å². The number of nitrogens with one attached hydrogen (secondary N) is 2. The van der Waals surface area contributed by atoms with Crippen LogP contribution in [0.1, 0.15) is 40.3 Å². The standard InChI is InChI=1S/C19H16F6N6O2/c20-18(21,22)5-4-16(32)26-7-11-6-15-29-12(10-31(15)28-8-11)9-27-17(33)13-2-1-3-14(30-13)19(23,24)25/h1-3,6,8,10H,4-5,7,9H2,(H,26,32)(H,27,33). The Morgan fingerprint density at radius 1 is 1.00 bits per heavy atom. The number of amides is 2. The number of pyridine rings is 1. The fourth-order valence-corrected chi connectivity index (χ4v) is 2.67. The fourth-order valence-electron chi connectivity index (χ4n) is 2.67. The van der Waals surface area contributed by atoms with Crippen molar-refractivity contribution in [3.05, 3.63) is 59.3 Å². The zero-order valence-electron chi connectivity index (χ0n) is 16.7. The maximum Gasteiger partial charge on any atom is 0.433 e. The van der Waals surface area contributed by atoms with E-state index in [1.165, 1.54) is 23.0 Å². The number of alkyl halides is 6. The summed E-state index contributed by atoms with van der Waals surface area (Å²) in [5.74, 6) is -1.59. The van der Waals surface area contributed by atoms with E-state index in [2.05, 4.69) is 25.7 Å². The van der Waals surface area contributed by atoms with Crippen molar-refractivity contribution in [2.75, 3.05) is 0 Å². The number of fused-ring (bicyclic) bond motifs is 1. The first-order valence-electron chi connectivity index (χ1n) is 9.40. The molecular formula is C19H16F6N6O2. The molecule has 3 aromatic rings. The molecule has 33 heavy (non-hydrogen) atoms. The second kappa shape index (κ2) is 9.42. The lowest BCUT2D eigenvalue weighted by Crippen LogP contribution is -2.25. The van der Waals surface area contributed by atoms with Crippen LogP contribution in [0.2, 0.25) is 0 Å². The number of imidazole rings is 1. The van der Waals surface area contributed by atoms with Crippen molar-refractivity contribution in [1.29, 1.82) is 0 Å². The molecule has 3 aromatic heterocycles. The topological polar surface area (TPSA) is 101 Å². The minimum atomic E-state index is -4.68. The highest BCUT2D eigenvalue weighted by atomic mass is 19.4. The number of hydrogen-bond donors (Lipinski definition) is 2. The molecule has 8 nitrogen and oxygen atoms in total. The lowest BCUT2D eigenvalue weighted by Gasteiger charge is -2.07. The van der Waals surface area contributed by atoms with E-state index in [1.807, 2.05) is 0 Å². The average molecular weight is 474 g/mol. The molecule has 0 saturated heterocycles. The summed E-state index contributed by atoms with van der Waals surface area (Å²) in [6.45, 7) is -0.177. The summed E-state index contributed by atoms with van der Waals surface area (Å²) in [5.41, 5.74) is -0.440. The molecule has 0 unspecified atom stereocenters. The fraction of sp³-hybridized carbons (Fsp3) is 0.316. The molecular weight excluding hydrogens is 458 g/mol. The van der Waals surface area contributed by atoms with Crippen LogP contribution in [0.15, 0.2) is 36.7 Å². The Hall–Kier alpha value is -3.71. The molecule has 0 aliphatic rings. The van der Waals surface area contributed by atoms with Crippen LogP contribution in [-0.2, 0) is 24.1 Å². The highest BCUT2D eigenvalue weighted by Crippen LogP contribution is 2.27. The summed E-state index contributed by atoms with van der Waals surface area (Å²) in [6, 6.07) is 4.51. The summed E-state index contributed by atoms with van der Waals surface area (Å²) in [7, 11) is 0. The number of nitrogens with zero attached hydrogens (tertiary/aromatic N) is 4. The van der Waals surface area contributed by atoms with Gasteiger partial charge < -0.3 is 10.6 Å². The molecule has 0 atom stereocenters. The van der Waals surface area contributed by atoms with Crippen LogP contribution in [0.4, 0.5) is 26.3 Å². The molecule has 0 aliphatic carbocycles. The highest BCUT2D eigenvalue weighted by molar-refractivity contribution is 5.92. The molecule has 3 rings (SSSR count). The van der Waals surface area contributed by atoms with E-state index in [0.29, 0.717) is 16.9 Å².